The maximum atomic E-state index is 13.8. The van der Waals surface area contributed by atoms with Crippen molar-refractivity contribution >= 4 is 27.6 Å². The second-order valence-corrected chi connectivity index (χ2v) is 9.13. The summed E-state index contributed by atoms with van der Waals surface area (Å²) < 4.78 is 40.8. The summed E-state index contributed by atoms with van der Waals surface area (Å²) in [6.45, 7) is 1.90. The number of rotatable bonds is 8. The molecule has 0 aliphatic heterocycles. The van der Waals surface area contributed by atoms with Crippen molar-refractivity contribution in [1.82, 2.24) is 19.5 Å². The van der Waals surface area contributed by atoms with E-state index in [1.807, 2.05) is 31.2 Å². The van der Waals surface area contributed by atoms with Crippen molar-refractivity contribution in [2.75, 3.05) is 12.0 Å². The van der Waals surface area contributed by atoms with E-state index in [1.54, 1.807) is 10.6 Å². The van der Waals surface area contributed by atoms with Gasteiger partial charge in [0.15, 0.2) is 16.8 Å². The molecule has 152 valence electrons. The maximum Gasteiger partial charge on any atom is 0.209 e. The quantitative estimate of drug-likeness (QED) is 0.433. The Kier molecular flexibility index (Phi) is 6.46. The van der Waals surface area contributed by atoms with Gasteiger partial charge in [-0.15, -0.1) is 10.2 Å². The number of aryl methyl sites for hydroxylation is 1. The largest absolute Gasteiger partial charge is 0.293 e. The molecule has 29 heavy (non-hydrogen) atoms. The molecule has 2 aromatic carbocycles. The van der Waals surface area contributed by atoms with Gasteiger partial charge in [-0.1, -0.05) is 41.6 Å². The second kappa shape index (κ2) is 8.85. The molecular formula is C19H19FN4O3S2. The normalized spacial score (nSPS) is 11.6. The Bertz CT molecular complexity index is 1130. The Morgan fingerprint density at radius 2 is 1.83 bits per heavy atom. The Balaban J connectivity index is 1.87. The summed E-state index contributed by atoms with van der Waals surface area (Å²) in [5.41, 5.74) is 1.80. The number of benzene rings is 2. The van der Waals surface area contributed by atoms with Crippen LogP contribution in [0, 0.1) is 12.7 Å². The fourth-order valence-corrected chi connectivity index (χ4v) is 3.80. The summed E-state index contributed by atoms with van der Waals surface area (Å²) in [4.78, 5) is 12.4. The third-order valence-electron chi connectivity index (χ3n) is 3.99. The molecule has 0 radical (unpaired) electrons. The third-order valence-corrected chi connectivity index (χ3v) is 5.59. The molecular weight excluding hydrogens is 415 g/mol. The molecule has 7 nitrogen and oxygen atoms in total. The van der Waals surface area contributed by atoms with E-state index in [9.17, 15) is 17.6 Å². The summed E-state index contributed by atoms with van der Waals surface area (Å²) in [6, 6.07) is 13.3. The van der Waals surface area contributed by atoms with Gasteiger partial charge in [0, 0.05) is 5.69 Å². The molecule has 0 unspecified atom stereocenters. The lowest BCUT2D eigenvalue weighted by Gasteiger charge is -2.11. The van der Waals surface area contributed by atoms with Crippen LogP contribution in [0.2, 0.25) is 0 Å². The van der Waals surface area contributed by atoms with Crippen LogP contribution in [0.15, 0.2) is 53.7 Å². The van der Waals surface area contributed by atoms with Gasteiger partial charge in [-0.05, 0) is 31.2 Å². The molecule has 1 aromatic heterocycles. The highest BCUT2D eigenvalue weighted by atomic mass is 32.2. The Morgan fingerprint density at radius 3 is 2.48 bits per heavy atom. The number of sulfonamides is 1. The first-order valence-electron chi connectivity index (χ1n) is 8.61. The SMILES string of the molecule is Cc1ccc(-n2c(CNS(C)(=O)=O)nnc2SCC(=O)c2ccccc2F)cc1. The molecule has 10 heteroatoms. The van der Waals surface area contributed by atoms with Crippen LogP contribution < -0.4 is 4.72 Å². The molecule has 0 aliphatic rings. The Morgan fingerprint density at radius 1 is 1.14 bits per heavy atom. The predicted molar refractivity (Wildman–Crippen MR) is 109 cm³/mol. The first-order chi connectivity index (χ1) is 13.7. The number of hydrogen-bond acceptors (Lipinski definition) is 6. The lowest BCUT2D eigenvalue weighted by Crippen LogP contribution is -2.23. The molecule has 1 heterocycles. The zero-order chi connectivity index (χ0) is 21.0. The number of carbonyl (C=O) groups excluding carboxylic acids is 1. The van der Waals surface area contributed by atoms with Crippen LogP contribution in [0.25, 0.3) is 5.69 Å². The molecule has 1 N–H and O–H groups in total. The van der Waals surface area contributed by atoms with Crippen molar-refractivity contribution in [3.05, 3.63) is 71.3 Å². The van der Waals surface area contributed by atoms with Crippen molar-refractivity contribution < 1.29 is 17.6 Å². The zero-order valence-electron chi connectivity index (χ0n) is 15.8. The minimum absolute atomic E-state index is 0.0142. The number of nitrogens with one attached hydrogen (secondary N) is 1. The average molecular weight is 435 g/mol. The number of ketones is 1. The molecule has 0 aliphatic carbocycles. The number of aromatic nitrogens is 3. The average Bonchev–Trinajstić information content (AvgIpc) is 3.08. The number of hydrogen-bond donors (Lipinski definition) is 1. The monoisotopic (exact) mass is 434 g/mol. The number of thioether (sulfide) groups is 1. The van der Waals surface area contributed by atoms with E-state index >= 15 is 0 Å². The van der Waals surface area contributed by atoms with E-state index in [4.69, 9.17) is 0 Å². The highest BCUT2D eigenvalue weighted by Gasteiger charge is 2.18. The molecule has 0 spiro atoms. The van der Waals surface area contributed by atoms with Gasteiger partial charge < -0.3 is 0 Å². The van der Waals surface area contributed by atoms with Crippen LogP contribution in [-0.4, -0.2) is 41.0 Å². The first kappa shape index (κ1) is 21.2. The van der Waals surface area contributed by atoms with Crippen molar-refractivity contribution in [1.29, 1.82) is 0 Å². The van der Waals surface area contributed by atoms with Crippen LogP contribution >= 0.6 is 11.8 Å². The minimum Gasteiger partial charge on any atom is -0.293 e. The zero-order valence-corrected chi connectivity index (χ0v) is 17.4. The number of halogens is 1. The Hall–Kier alpha value is -2.56. The molecule has 0 atom stereocenters. The van der Waals surface area contributed by atoms with E-state index in [2.05, 4.69) is 14.9 Å². The summed E-state index contributed by atoms with van der Waals surface area (Å²) in [7, 11) is -3.42. The topological polar surface area (TPSA) is 93.9 Å². The van der Waals surface area contributed by atoms with Gasteiger partial charge in [0.2, 0.25) is 10.0 Å². The van der Waals surface area contributed by atoms with Gasteiger partial charge in [0.1, 0.15) is 5.82 Å². The van der Waals surface area contributed by atoms with E-state index in [0.717, 1.165) is 29.3 Å². The van der Waals surface area contributed by atoms with Gasteiger partial charge >= 0.3 is 0 Å². The maximum absolute atomic E-state index is 13.8. The van der Waals surface area contributed by atoms with Crippen molar-refractivity contribution in [2.45, 2.75) is 18.6 Å². The van der Waals surface area contributed by atoms with E-state index in [1.165, 1.54) is 18.2 Å². The lowest BCUT2D eigenvalue weighted by atomic mass is 10.1. The molecule has 3 aromatic rings. The molecule has 0 bridgehead atoms. The standard InChI is InChI=1S/C19H19FN4O3S2/c1-13-7-9-14(10-8-13)24-18(11-21-29(2,26)27)22-23-19(24)28-12-17(25)15-5-3-4-6-16(15)20/h3-10,21H,11-12H2,1-2H3. The van der Waals surface area contributed by atoms with E-state index in [0.29, 0.717) is 11.0 Å². The molecule has 0 saturated carbocycles. The van der Waals surface area contributed by atoms with E-state index < -0.39 is 15.8 Å². The second-order valence-electron chi connectivity index (χ2n) is 6.35. The van der Waals surface area contributed by atoms with Gasteiger partial charge in [-0.3, -0.25) is 9.36 Å². The first-order valence-corrected chi connectivity index (χ1v) is 11.5. The van der Waals surface area contributed by atoms with Crippen LogP contribution in [0.1, 0.15) is 21.7 Å². The fourth-order valence-electron chi connectivity index (χ4n) is 2.55. The summed E-state index contributed by atoms with van der Waals surface area (Å²) in [5.74, 6) is -0.608. The van der Waals surface area contributed by atoms with E-state index in [-0.39, 0.29) is 23.6 Å². The minimum atomic E-state index is -3.42. The lowest BCUT2D eigenvalue weighted by molar-refractivity contribution is 0.101. The van der Waals surface area contributed by atoms with Crippen LogP contribution in [0.5, 0.6) is 0 Å². The molecule has 0 fully saturated rings. The third kappa shape index (κ3) is 5.49. The number of nitrogens with zero attached hydrogens (tertiary/aromatic N) is 3. The van der Waals surface area contributed by atoms with Crippen LogP contribution in [-0.2, 0) is 16.6 Å². The molecule has 0 saturated heterocycles. The highest BCUT2D eigenvalue weighted by Crippen LogP contribution is 2.24. The highest BCUT2D eigenvalue weighted by molar-refractivity contribution is 7.99. The Labute approximate surface area is 172 Å². The van der Waals surface area contributed by atoms with Crippen molar-refractivity contribution in [2.24, 2.45) is 0 Å². The van der Waals surface area contributed by atoms with Crippen molar-refractivity contribution in [3.8, 4) is 5.69 Å². The van der Waals surface area contributed by atoms with Crippen LogP contribution in [0.3, 0.4) is 0 Å². The summed E-state index contributed by atoms with van der Waals surface area (Å²) in [5, 5.41) is 8.57. The smallest absolute Gasteiger partial charge is 0.209 e. The van der Waals surface area contributed by atoms with Crippen molar-refractivity contribution in [3.63, 3.8) is 0 Å². The van der Waals surface area contributed by atoms with Gasteiger partial charge in [0.25, 0.3) is 0 Å². The summed E-state index contributed by atoms with van der Waals surface area (Å²) in [6.07, 6.45) is 1.06. The predicted octanol–water partition coefficient (Wildman–Crippen LogP) is 2.74. The number of Topliss-reactive ketones (excluding diaryl/α,β-unsaturated/α-hetero) is 1. The summed E-state index contributed by atoms with van der Waals surface area (Å²) >= 11 is 1.11. The van der Waals surface area contributed by atoms with Gasteiger partial charge in [0.05, 0.1) is 24.1 Å². The molecule has 3 rings (SSSR count). The van der Waals surface area contributed by atoms with Gasteiger partial charge in [-0.2, -0.15) is 0 Å². The fraction of sp³-hybridized carbons (Fsp3) is 0.211. The number of carbonyl (C=O) groups is 1. The van der Waals surface area contributed by atoms with Crippen LogP contribution in [0.4, 0.5) is 4.39 Å². The molecule has 0 amide bonds. The van der Waals surface area contributed by atoms with Gasteiger partial charge in [-0.25, -0.2) is 17.5 Å².